The molecule has 0 aromatic carbocycles. The van der Waals surface area contributed by atoms with Crippen molar-refractivity contribution in [3.8, 4) is 0 Å². The van der Waals surface area contributed by atoms with Gasteiger partial charge in [-0.05, 0) is 66.6 Å². The molecule has 0 spiro atoms. The number of hydrogen-bond acceptors (Lipinski definition) is 1. The van der Waals surface area contributed by atoms with Gasteiger partial charge >= 0.3 is 0 Å². The van der Waals surface area contributed by atoms with Crippen molar-refractivity contribution in [3.63, 3.8) is 0 Å². The molecule has 0 bridgehead atoms. The normalized spacial score (nSPS) is 56.0. The minimum absolute atomic E-state index is 0.0246. The van der Waals surface area contributed by atoms with Crippen molar-refractivity contribution in [2.75, 3.05) is 7.05 Å². The lowest BCUT2D eigenvalue weighted by molar-refractivity contribution is -0.183. The van der Waals surface area contributed by atoms with E-state index in [1.54, 1.807) is 4.90 Å². The van der Waals surface area contributed by atoms with Gasteiger partial charge in [-0.2, -0.15) is 0 Å². The molecule has 1 amide bonds. The van der Waals surface area contributed by atoms with Crippen LogP contribution < -0.4 is 0 Å². The molecule has 0 unspecified atom stereocenters. The fourth-order valence-electron chi connectivity index (χ4n) is 7.47. The van der Waals surface area contributed by atoms with Crippen LogP contribution in [0.4, 0.5) is 4.39 Å². The lowest BCUT2D eigenvalue weighted by Gasteiger charge is -2.64. The maximum atomic E-state index is 15.5. The summed E-state index contributed by atoms with van der Waals surface area (Å²) in [6, 6.07) is -0.203. The Bertz CT molecular complexity index is 522. The van der Waals surface area contributed by atoms with Gasteiger partial charge in [-0.15, -0.1) is 0 Å². The summed E-state index contributed by atoms with van der Waals surface area (Å²) in [5.74, 6) is 2.06. The summed E-state index contributed by atoms with van der Waals surface area (Å²) in [7, 11) is 1.84. The van der Waals surface area contributed by atoms with E-state index in [1.807, 2.05) is 7.05 Å². The highest BCUT2D eigenvalue weighted by Crippen LogP contribution is 2.66. The quantitative estimate of drug-likeness (QED) is 0.646. The van der Waals surface area contributed by atoms with E-state index in [1.165, 1.54) is 32.1 Å². The van der Waals surface area contributed by atoms with Gasteiger partial charge in [0.25, 0.3) is 0 Å². The highest BCUT2D eigenvalue weighted by Gasteiger charge is 2.64. The molecule has 4 fully saturated rings. The zero-order chi connectivity index (χ0) is 16.6. The van der Waals surface area contributed by atoms with Gasteiger partial charge < -0.3 is 4.90 Å². The summed E-state index contributed by atoms with van der Waals surface area (Å²) in [5, 5.41) is 0. The number of hydrogen-bond donors (Lipinski definition) is 0. The van der Waals surface area contributed by atoms with Crippen molar-refractivity contribution in [3.05, 3.63) is 0 Å². The summed E-state index contributed by atoms with van der Waals surface area (Å²) in [6.45, 7) is 6.90. The number of likely N-dealkylation sites (tertiary alicyclic amines) is 1. The van der Waals surface area contributed by atoms with Crippen LogP contribution in [0.3, 0.4) is 0 Å². The molecule has 0 N–H and O–H groups in total. The van der Waals surface area contributed by atoms with Crippen molar-refractivity contribution < 1.29 is 9.18 Å². The molecule has 4 aliphatic rings. The predicted octanol–water partition coefficient (Wildman–Crippen LogP) is 4.43. The number of nitrogens with zero attached hydrogens (tertiary/aromatic N) is 1. The Kier molecular flexibility index (Phi) is 3.42. The summed E-state index contributed by atoms with van der Waals surface area (Å²) in [5.41, 5.74) is 0.428. The SMILES string of the molecule is C[C@H]1[C@@H](F)[C@H]2N(C)C(=O)CC[C@]2(C)[C@H]2CC[C@]3(C)CCC[C@H]3[C@H]12. The standard InChI is InChI=1S/C20H32FNO/c1-12-16-13-6-5-9-19(13,2)10-7-14(16)20(3)11-8-15(23)22(4)18(20)17(12)21/h12-14,16-18H,5-11H2,1-4H3/t12-,13+,14+,16+,17-,18-,19+,20-/m1/s1. The molecule has 1 aliphatic heterocycles. The Hall–Kier alpha value is -0.600. The van der Waals surface area contributed by atoms with Crippen LogP contribution in [-0.2, 0) is 4.79 Å². The fourth-order valence-corrected chi connectivity index (χ4v) is 7.47. The second-order valence-corrected chi connectivity index (χ2v) is 9.63. The predicted molar refractivity (Wildman–Crippen MR) is 89.6 cm³/mol. The second-order valence-electron chi connectivity index (χ2n) is 9.63. The molecular formula is C20H32FNO. The lowest BCUT2D eigenvalue weighted by atomic mass is 9.45. The Labute approximate surface area is 140 Å². The molecule has 3 heteroatoms. The fraction of sp³-hybridized carbons (Fsp3) is 0.950. The van der Waals surface area contributed by atoms with Crippen LogP contribution in [-0.4, -0.2) is 30.1 Å². The number of rotatable bonds is 0. The third-order valence-corrected chi connectivity index (χ3v) is 8.74. The minimum Gasteiger partial charge on any atom is -0.339 e. The first-order valence-electron chi connectivity index (χ1n) is 9.69. The number of carbonyl (C=O) groups is 1. The van der Waals surface area contributed by atoms with E-state index in [9.17, 15) is 4.79 Å². The Balaban J connectivity index is 1.75. The first-order chi connectivity index (χ1) is 10.8. The van der Waals surface area contributed by atoms with Crippen molar-refractivity contribution in [1.29, 1.82) is 0 Å². The van der Waals surface area contributed by atoms with Crippen molar-refractivity contribution in [2.24, 2.45) is 34.5 Å². The van der Waals surface area contributed by atoms with Crippen LogP contribution in [0.5, 0.6) is 0 Å². The summed E-state index contributed by atoms with van der Waals surface area (Å²) < 4.78 is 15.5. The van der Waals surface area contributed by atoms with Crippen LogP contribution in [0, 0.1) is 34.5 Å². The number of piperidine rings is 1. The monoisotopic (exact) mass is 321 g/mol. The Morgan fingerprint density at radius 2 is 1.87 bits per heavy atom. The van der Waals surface area contributed by atoms with Crippen molar-refractivity contribution in [2.45, 2.75) is 77.9 Å². The highest BCUT2D eigenvalue weighted by atomic mass is 19.1. The Morgan fingerprint density at radius 3 is 2.61 bits per heavy atom. The average Bonchev–Trinajstić information content (AvgIpc) is 2.90. The van der Waals surface area contributed by atoms with Gasteiger partial charge in [-0.3, -0.25) is 4.79 Å². The van der Waals surface area contributed by atoms with Gasteiger partial charge in [0.05, 0.1) is 6.04 Å². The van der Waals surface area contributed by atoms with Crippen LogP contribution in [0.1, 0.15) is 65.7 Å². The minimum atomic E-state index is -0.863. The lowest BCUT2D eigenvalue weighted by Crippen LogP contribution is -2.67. The smallest absolute Gasteiger partial charge is 0.222 e. The molecule has 3 saturated carbocycles. The molecule has 23 heavy (non-hydrogen) atoms. The molecule has 0 radical (unpaired) electrons. The third-order valence-electron chi connectivity index (χ3n) is 8.74. The topological polar surface area (TPSA) is 20.3 Å². The molecule has 8 atom stereocenters. The first-order valence-corrected chi connectivity index (χ1v) is 9.69. The Morgan fingerprint density at radius 1 is 1.13 bits per heavy atom. The number of fused-ring (bicyclic) bond motifs is 5. The average molecular weight is 321 g/mol. The molecule has 4 rings (SSSR count). The van der Waals surface area contributed by atoms with E-state index in [2.05, 4.69) is 20.8 Å². The number of carbonyl (C=O) groups excluding carboxylic acids is 1. The molecule has 2 nitrogen and oxygen atoms in total. The molecule has 130 valence electrons. The number of alkyl halides is 1. The van der Waals surface area contributed by atoms with E-state index in [0.717, 1.165) is 6.42 Å². The van der Waals surface area contributed by atoms with Crippen LogP contribution >= 0.6 is 0 Å². The summed E-state index contributed by atoms with van der Waals surface area (Å²) in [6.07, 6.45) is 7.14. The van der Waals surface area contributed by atoms with E-state index in [-0.39, 0.29) is 23.3 Å². The van der Waals surface area contributed by atoms with Crippen LogP contribution in [0.25, 0.3) is 0 Å². The van der Waals surface area contributed by atoms with Crippen LogP contribution in [0.15, 0.2) is 0 Å². The van der Waals surface area contributed by atoms with Gasteiger partial charge in [-0.25, -0.2) is 4.39 Å². The maximum Gasteiger partial charge on any atom is 0.222 e. The molecule has 3 aliphatic carbocycles. The van der Waals surface area contributed by atoms with E-state index >= 15 is 4.39 Å². The molecule has 0 aromatic heterocycles. The molecule has 1 saturated heterocycles. The number of amides is 1. The summed E-state index contributed by atoms with van der Waals surface area (Å²) >= 11 is 0. The third kappa shape index (κ3) is 1.94. The largest absolute Gasteiger partial charge is 0.339 e. The molecule has 1 heterocycles. The van der Waals surface area contributed by atoms with Crippen molar-refractivity contribution >= 4 is 5.91 Å². The maximum absolute atomic E-state index is 15.5. The zero-order valence-electron chi connectivity index (χ0n) is 15.1. The van der Waals surface area contributed by atoms with Crippen LogP contribution in [0.2, 0.25) is 0 Å². The van der Waals surface area contributed by atoms with Gasteiger partial charge in [0, 0.05) is 13.5 Å². The second kappa shape index (κ2) is 4.95. The number of halogens is 1. The van der Waals surface area contributed by atoms with Gasteiger partial charge in [0.2, 0.25) is 5.91 Å². The van der Waals surface area contributed by atoms with E-state index < -0.39 is 6.17 Å². The van der Waals surface area contributed by atoms with E-state index in [0.29, 0.717) is 29.6 Å². The van der Waals surface area contributed by atoms with Gasteiger partial charge in [0.1, 0.15) is 6.17 Å². The first kappa shape index (κ1) is 15.9. The van der Waals surface area contributed by atoms with Crippen molar-refractivity contribution in [1.82, 2.24) is 4.90 Å². The highest BCUT2D eigenvalue weighted by molar-refractivity contribution is 5.77. The van der Waals surface area contributed by atoms with Gasteiger partial charge in [0.15, 0.2) is 0 Å². The summed E-state index contributed by atoms with van der Waals surface area (Å²) in [4.78, 5) is 14.0. The zero-order valence-corrected chi connectivity index (χ0v) is 15.1. The van der Waals surface area contributed by atoms with E-state index in [4.69, 9.17) is 0 Å². The van der Waals surface area contributed by atoms with Gasteiger partial charge in [-0.1, -0.05) is 27.2 Å². The molecular weight excluding hydrogens is 289 g/mol. The molecule has 0 aromatic rings.